The lowest BCUT2D eigenvalue weighted by atomic mass is 9.95. The number of halogens is 5. The highest BCUT2D eigenvalue weighted by atomic mass is 19.4. The molecule has 0 N–H and O–H groups in total. The van der Waals surface area contributed by atoms with Crippen LogP contribution < -0.4 is 0 Å². The second-order valence-electron chi connectivity index (χ2n) is 7.33. The number of rotatable bonds is 6. The molecule has 0 amide bonds. The molecule has 0 aliphatic heterocycles. The van der Waals surface area contributed by atoms with Crippen molar-refractivity contribution in [2.24, 2.45) is 0 Å². The molecule has 0 atom stereocenters. The first-order chi connectivity index (χ1) is 14.8. The second-order valence-corrected chi connectivity index (χ2v) is 7.33. The summed E-state index contributed by atoms with van der Waals surface area (Å²) in [5, 5.41) is 0. The summed E-state index contributed by atoms with van der Waals surface area (Å²) >= 11 is 0. The quantitative estimate of drug-likeness (QED) is 0.343. The molecule has 0 unspecified atom stereocenters. The number of allylic oxidation sites excluding steroid dienone is 1. The number of unbranched alkanes of at least 4 members (excludes halogenated alkanes) is 1. The Kier molecular flexibility index (Phi) is 6.94. The topological polar surface area (TPSA) is 0 Å². The molecule has 0 radical (unpaired) electrons. The molecule has 162 valence electrons. The minimum atomic E-state index is -4.87. The van der Waals surface area contributed by atoms with Gasteiger partial charge in [0.25, 0.3) is 0 Å². The first kappa shape index (κ1) is 22.7. The lowest BCUT2D eigenvalue weighted by molar-refractivity contribution is -0.140. The van der Waals surface area contributed by atoms with Gasteiger partial charge in [0, 0.05) is 11.1 Å². The third kappa shape index (κ3) is 5.04. The van der Waals surface area contributed by atoms with Crippen molar-refractivity contribution in [2.75, 3.05) is 0 Å². The standard InChI is InChI=1S/C26H23F5/c1-3-5-6-7-19-12-15-22(25(28)24(19)26(29,30)31)20-13-14-21(23(27)16-20)18-10-8-17(4-2)9-11-18/h6-16H,3-5H2,1-2H3/b7-6+. The van der Waals surface area contributed by atoms with Crippen molar-refractivity contribution in [3.05, 3.63) is 89.0 Å². The van der Waals surface area contributed by atoms with Crippen molar-refractivity contribution in [3.63, 3.8) is 0 Å². The fourth-order valence-electron chi connectivity index (χ4n) is 3.45. The van der Waals surface area contributed by atoms with Gasteiger partial charge in [0.2, 0.25) is 0 Å². The fourth-order valence-corrected chi connectivity index (χ4v) is 3.45. The van der Waals surface area contributed by atoms with E-state index in [-0.39, 0.29) is 16.7 Å². The summed E-state index contributed by atoms with van der Waals surface area (Å²) in [7, 11) is 0. The highest BCUT2D eigenvalue weighted by molar-refractivity contribution is 5.73. The third-order valence-corrected chi connectivity index (χ3v) is 5.16. The molecule has 0 heterocycles. The molecule has 0 saturated heterocycles. The second kappa shape index (κ2) is 9.46. The summed E-state index contributed by atoms with van der Waals surface area (Å²) in [5.74, 6) is -2.02. The van der Waals surface area contributed by atoms with E-state index in [9.17, 15) is 22.0 Å². The van der Waals surface area contributed by atoms with Crippen molar-refractivity contribution >= 4 is 6.08 Å². The van der Waals surface area contributed by atoms with Gasteiger partial charge in [-0.25, -0.2) is 8.78 Å². The maximum atomic E-state index is 15.0. The zero-order valence-electron chi connectivity index (χ0n) is 17.4. The third-order valence-electron chi connectivity index (χ3n) is 5.16. The van der Waals surface area contributed by atoms with Crippen LogP contribution in [0.25, 0.3) is 28.3 Å². The molecule has 0 fully saturated rings. The Hall–Kier alpha value is -2.95. The molecule has 0 nitrogen and oxygen atoms in total. The van der Waals surface area contributed by atoms with Crippen LogP contribution in [0.15, 0.2) is 60.7 Å². The largest absolute Gasteiger partial charge is 0.419 e. The predicted octanol–water partition coefficient (Wildman–Crippen LogP) is 8.69. The number of benzene rings is 3. The average Bonchev–Trinajstić information content (AvgIpc) is 2.73. The molecule has 0 aromatic heterocycles. The van der Waals surface area contributed by atoms with E-state index in [2.05, 4.69) is 0 Å². The summed E-state index contributed by atoms with van der Waals surface area (Å²) in [6.45, 7) is 3.91. The van der Waals surface area contributed by atoms with E-state index in [1.54, 1.807) is 18.2 Å². The summed E-state index contributed by atoms with van der Waals surface area (Å²) in [4.78, 5) is 0. The van der Waals surface area contributed by atoms with Crippen molar-refractivity contribution in [3.8, 4) is 22.3 Å². The summed E-state index contributed by atoms with van der Waals surface area (Å²) in [6, 6.07) is 13.8. The monoisotopic (exact) mass is 430 g/mol. The molecular formula is C26H23F5. The number of hydrogen-bond acceptors (Lipinski definition) is 0. The van der Waals surface area contributed by atoms with Crippen LogP contribution >= 0.6 is 0 Å². The predicted molar refractivity (Wildman–Crippen MR) is 116 cm³/mol. The van der Waals surface area contributed by atoms with Crippen molar-refractivity contribution in [1.82, 2.24) is 0 Å². The fraction of sp³-hybridized carbons (Fsp3) is 0.231. The van der Waals surface area contributed by atoms with Gasteiger partial charge < -0.3 is 0 Å². The van der Waals surface area contributed by atoms with Crippen LogP contribution in [-0.2, 0) is 12.6 Å². The Bertz CT molecular complexity index is 1080. The summed E-state index contributed by atoms with van der Waals surface area (Å²) in [5.41, 5.74) is 0.254. The van der Waals surface area contributed by atoms with Crippen molar-refractivity contribution < 1.29 is 22.0 Å². The Morgan fingerprint density at radius 2 is 1.45 bits per heavy atom. The van der Waals surface area contributed by atoms with E-state index in [0.717, 1.165) is 24.5 Å². The lowest BCUT2D eigenvalue weighted by Crippen LogP contribution is -2.11. The first-order valence-electron chi connectivity index (χ1n) is 10.2. The molecule has 31 heavy (non-hydrogen) atoms. The first-order valence-corrected chi connectivity index (χ1v) is 10.2. The maximum Gasteiger partial charge on any atom is 0.419 e. The molecule has 0 saturated carbocycles. The highest BCUT2D eigenvalue weighted by Crippen LogP contribution is 2.39. The maximum absolute atomic E-state index is 15.0. The van der Waals surface area contributed by atoms with Crippen LogP contribution in [0.5, 0.6) is 0 Å². The molecule has 3 rings (SSSR count). The molecule has 5 heteroatoms. The Morgan fingerprint density at radius 1 is 0.806 bits per heavy atom. The molecule has 0 spiro atoms. The summed E-state index contributed by atoms with van der Waals surface area (Å²) in [6.07, 6.45) is 0.209. The molecular weight excluding hydrogens is 407 g/mol. The highest BCUT2D eigenvalue weighted by Gasteiger charge is 2.37. The lowest BCUT2D eigenvalue weighted by Gasteiger charge is -2.15. The van der Waals surface area contributed by atoms with Gasteiger partial charge in [-0.15, -0.1) is 0 Å². The van der Waals surface area contributed by atoms with Crippen molar-refractivity contribution in [1.29, 1.82) is 0 Å². The SMILES string of the molecule is CCC/C=C/c1ccc(-c2ccc(-c3ccc(CC)cc3)c(F)c2)c(F)c1C(F)(F)F. The van der Waals surface area contributed by atoms with Gasteiger partial charge in [-0.05, 0) is 41.2 Å². The van der Waals surface area contributed by atoms with E-state index < -0.39 is 23.4 Å². The van der Waals surface area contributed by atoms with Gasteiger partial charge in [-0.3, -0.25) is 0 Å². The average molecular weight is 430 g/mol. The molecule has 3 aromatic carbocycles. The van der Waals surface area contributed by atoms with Gasteiger partial charge in [-0.1, -0.05) is 81.0 Å². The zero-order chi connectivity index (χ0) is 22.6. The minimum Gasteiger partial charge on any atom is -0.206 e. The summed E-state index contributed by atoms with van der Waals surface area (Å²) < 4.78 is 70.6. The van der Waals surface area contributed by atoms with E-state index in [1.165, 1.54) is 30.3 Å². The van der Waals surface area contributed by atoms with E-state index >= 15 is 0 Å². The van der Waals surface area contributed by atoms with Crippen molar-refractivity contribution in [2.45, 2.75) is 39.3 Å². The Balaban J connectivity index is 2.05. The van der Waals surface area contributed by atoms with E-state index in [1.807, 2.05) is 26.0 Å². The normalized spacial score (nSPS) is 12.0. The molecule has 0 bridgehead atoms. The van der Waals surface area contributed by atoms with E-state index in [4.69, 9.17) is 0 Å². The number of hydrogen-bond donors (Lipinski definition) is 0. The zero-order valence-corrected chi connectivity index (χ0v) is 17.4. The van der Waals surface area contributed by atoms with Gasteiger partial charge in [0.05, 0.1) is 5.56 Å². The van der Waals surface area contributed by atoms with Gasteiger partial charge >= 0.3 is 6.18 Å². The van der Waals surface area contributed by atoms with Crippen LogP contribution in [-0.4, -0.2) is 0 Å². The Morgan fingerprint density at radius 3 is 2.03 bits per heavy atom. The van der Waals surface area contributed by atoms with Crippen LogP contribution in [0.4, 0.5) is 22.0 Å². The number of alkyl halides is 3. The van der Waals surface area contributed by atoms with E-state index in [0.29, 0.717) is 17.5 Å². The smallest absolute Gasteiger partial charge is 0.206 e. The molecule has 0 aliphatic carbocycles. The molecule has 0 aliphatic rings. The van der Waals surface area contributed by atoms with Crippen LogP contribution in [0.1, 0.15) is 43.4 Å². The van der Waals surface area contributed by atoms with Crippen LogP contribution in [0.2, 0.25) is 0 Å². The minimum absolute atomic E-state index is 0.0542. The van der Waals surface area contributed by atoms with Gasteiger partial charge in [0.1, 0.15) is 11.6 Å². The number of aryl methyl sites for hydroxylation is 1. The van der Waals surface area contributed by atoms with Gasteiger partial charge in [0.15, 0.2) is 0 Å². The Labute approximate surface area is 179 Å². The van der Waals surface area contributed by atoms with Gasteiger partial charge in [-0.2, -0.15) is 13.2 Å². The molecule has 3 aromatic rings. The van der Waals surface area contributed by atoms with Crippen LogP contribution in [0, 0.1) is 11.6 Å². The van der Waals surface area contributed by atoms with Crippen LogP contribution in [0.3, 0.4) is 0 Å².